The number of nitrogens with zero attached hydrogens (tertiary/aromatic N) is 2. The normalized spacial score (nSPS) is 15.8. The van der Waals surface area contributed by atoms with E-state index in [0.717, 1.165) is 18.7 Å². The van der Waals surface area contributed by atoms with Gasteiger partial charge in [0.2, 0.25) is 0 Å². The van der Waals surface area contributed by atoms with E-state index in [1.54, 1.807) is 18.0 Å². The van der Waals surface area contributed by atoms with Crippen LogP contribution in [-0.2, 0) is 11.3 Å². The summed E-state index contributed by atoms with van der Waals surface area (Å²) in [6, 6.07) is 14.6. The molecule has 1 fully saturated rings. The molecule has 2 aromatic rings. The number of amides is 2. The van der Waals surface area contributed by atoms with Gasteiger partial charge in [-0.25, -0.2) is 9.18 Å². The standard InChI is InChI=1S/C22H28FN3O2/c1-17-5-3-7-19(13-17)21(26-9-11-28-12-10-26)15-24-22(27)25(2)16-18-6-4-8-20(23)14-18/h3-8,13-14,21H,9-12,15-16H2,1-2H3,(H,24,27). The molecule has 0 radical (unpaired) electrons. The Hall–Kier alpha value is -2.44. The molecule has 6 heteroatoms. The van der Waals surface area contributed by atoms with Gasteiger partial charge in [-0.2, -0.15) is 0 Å². The minimum atomic E-state index is -0.293. The van der Waals surface area contributed by atoms with E-state index in [4.69, 9.17) is 4.74 Å². The Balaban J connectivity index is 1.64. The van der Waals surface area contributed by atoms with Crippen LogP contribution in [0.2, 0.25) is 0 Å². The van der Waals surface area contributed by atoms with Crippen molar-refractivity contribution < 1.29 is 13.9 Å². The average Bonchev–Trinajstić information content (AvgIpc) is 2.69. The highest BCUT2D eigenvalue weighted by atomic mass is 19.1. The molecule has 150 valence electrons. The van der Waals surface area contributed by atoms with Crippen molar-refractivity contribution >= 4 is 6.03 Å². The Morgan fingerprint density at radius 2 is 1.96 bits per heavy atom. The predicted molar refractivity (Wildman–Crippen MR) is 108 cm³/mol. The highest BCUT2D eigenvalue weighted by Crippen LogP contribution is 2.22. The third kappa shape index (κ3) is 5.53. The van der Waals surface area contributed by atoms with E-state index in [-0.39, 0.29) is 17.9 Å². The number of urea groups is 1. The predicted octanol–water partition coefficient (Wildman–Crippen LogP) is 3.35. The Labute approximate surface area is 166 Å². The first-order valence-corrected chi connectivity index (χ1v) is 9.64. The zero-order valence-corrected chi connectivity index (χ0v) is 16.5. The number of hydrogen-bond acceptors (Lipinski definition) is 3. The van der Waals surface area contributed by atoms with E-state index in [1.165, 1.54) is 23.3 Å². The lowest BCUT2D eigenvalue weighted by molar-refractivity contribution is 0.0165. The molecule has 1 saturated heterocycles. The lowest BCUT2D eigenvalue weighted by atomic mass is 10.0. The first-order valence-electron chi connectivity index (χ1n) is 9.64. The molecule has 0 bridgehead atoms. The summed E-state index contributed by atoms with van der Waals surface area (Å²) in [6.07, 6.45) is 0. The van der Waals surface area contributed by atoms with E-state index >= 15 is 0 Å². The number of halogens is 1. The van der Waals surface area contributed by atoms with Crippen molar-refractivity contribution in [1.82, 2.24) is 15.1 Å². The first kappa shape index (κ1) is 20.3. The molecule has 1 heterocycles. The van der Waals surface area contributed by atoms with Crippen molar-refractivity contribution in [1.29, 1.82) is 0 Å². The summed E-state index contributed by atoms with van der Waals surface area (Å²) in [5, 5.41) is 3.04. The van der Waals surface area contributed by atoms with Gasteiger partial charge in [-0.15, -0.1) is 0 Å². The van der Waals surface area contributed by atoms with Crippen LogP contribution in [0, 0.1) is 12.7 Å². The fourth-order valence-electron chi connectivity index (χ4n) is 3.52. The highest BCUT2D eigenvalue weighted by Gasteiger charge is 2.24. The smallest absolute Gasteiger partial charge is 0.317 e. The van der Waals surface area contributed by atoms with Crippen molar-refractivity contribution in [2.24, 2.45) is 0 Å². The molecular formula is C22H28FN3O2. The SMILES string of the molecule is Cc1cccc(C(CNC(=O)N(C)Cc2cccc(F)c2)N2CCOCC2)c1. The Kier molecular flexibility index (Phi) is 7.01. The van der Waals surface area contributed by atoms with Gasteiger partial charge in [-0.3, -0.25) is 4.90 Å². The molecule has 28 heavy (non-hydrogen) atoms. The molecule has 0 aliphatic carbocycles. The van der Waals surface area contributed by atoms with Crippen molar-refractivity contribution in [3.63, 3.8) is 0 Å². The van der Waals surface area contributed by atoms with Gasteiger partial charge in [0.05, 0.1) is 19.3 Å². The molecule has 1 N–H and O–H groups in total. The van der Waals surface area contributed by atoms with Crippen molar-refractivity contribution in [2.45, 2.75) is 19.5 Å². The number of benzene rings is 2. The third-order valence-electron chi connectivity index (χ3n) is 5.02. The Morgan fingerprint density at radius 3 is 2.68 bits per heavy atom. The molecule has 0 saturated carbocycles. The molecule has 1 aliphatic rings. The van der Waals surface area contributed by atoms with Crippen LogP contribution >= 0.6 is 0 Å². The summed E-state index contributed by atoms with van der Waals surface area (Å²) in [4.78, 5) is 16.5. The van der Waals surface area contributed by atoms with E-state index < -0.39 is 0 Å². The van der Waals surface area contributed by atoms with Gasteiger partial charge in [-0.1, -0.05) is 42.0 Å². The molecule has 1 atom stereocenters. The fraction of sp³-hybridized carbons (Fsp3) is 0.409. The highest BCUT2D eigenvalue weighted by molar-refractivity contribution is 5.73. The molecule has 0 spiro atoms. The van der Waals surface area contributed by atoms with Gasteiger partial charge in [0.25, 0.3) is 0 Å². The van der Waals surface area contributed by atoms with Gasteiger partial charge in [-0.05, 0) is 30.2 Å². The van der Waals surface area contributed by atoms with Crippen LogP contribution in [0.1, 0.15) is 22.7 Å². The number of rotatable bonds is 6. The molecule has 2 aromatic carbocycles. The molecule has 2 amide bonds. The zero-order valence-electron chi connectivity index (χ0n) is 16.5. The zero-order chi connectivity index (χ0) is 19.9. The number of nitrogens with one attached hydrogen (secondary N) is 1. The molecule has 1 aliphatic heterocycles. The van der Waals surface area contributed by atoms with Crippen LogP contribution < -0.4 is 5.32 Å². The van der Waals surface area contributed by atoms with E-state index in [0.29, 0.717) is 26.3 Å². The Bertz CT molecular complexity index is 793. The van der Waals surface area contributed by atoms with Gasteiger partial charge in [0, 0.05) is 33.2 Å². The number of carbonyl (C=O) groups excluding carboxylic acids is 1. The van der Waals surface area contributed by atoms with E-state index in [9.17, 15) is 9.18 Å². The van der Waals surface area contributed by atoms with Crippen LogP contribution in [0.15, 0.2) is 48.5 Å². The average molecular weight is 385 g/mol. The Morgan fingerprint density at radius 1 is 1.21 bits per heavy atom. The minimum Gasteiger partial charge on any atom is -0.379 e. The summed E-state index contributed by atoms with van der Waals surface area (Å²) in [7, 11) is 1.72. The molecule has 5 nitrogen and oxygen atoms in total. The second kappa shape index (κ2) is 9.66. The van der Waals surface area contributed by atoms with Crippen LogP contribution in [0.25, 0.3) is 0 Å². The van der Waals surface area contributed by atoms with Gasteiger partial charge < -0.3 is 15.0 Å². The van der Waals surface area contributed by atoms with Gasteiger partial charge >= 0.3 is 6.03 Å². The lowest BCUT2D eigenvalue weighted by Gasteiger charge is -2.35. The second-order valence-corrected chi connectivity index (χ2v) is 7.25. The van der Waals surface area contributed by atoms with Crippen molar-refractivity contribution in [2.75, 3.05) is 39.9 Å². The summed E-state index contributed by atoms with van der Waals surface area (Å²) < 4.78 is 18.8. The molecular weight excluding hydrogens is 357 g/mol. The van der Waals surface area contributed by atoms with Crippen LogP contribution in [0.3, 0.4) is 0 Å². The van der Waals surface area contributed by atoms with Crippen molar-refractivity contribution in [3.05, 3.63) is 71.0 Å². The molecule has 3 rings (SSSR count). The number of hydrogen-bond donors (Lipinski definition) is 1. The second-order valence-electron chi connectivity index (χ2n) is 7.25. The van der Waals surface area contributed by atoms with Crippen LogP contribution in [0.5, 0.6) is 0 Å². The fourth-order valence-corrected chi connectivity index (χ4v) is 3.52. The van der Waals surface area contributed by atoms with Crippen molar-refractivity contribution in [3.8, 4) is 0 Å². The summed E-state index contributed by atoms with van der Waals surface area (Å²) in [5.74, 6) is -0.293. The minimum absolute atomic E-state index is 0.0929. The monoisotopic (exact) mass is 385 g/mol. The van der Waals surface area contributed by atoms with E-state index in [1.807, 2.05) is 6.07 Å². The molecule has 1 unspecified atom stereocenters. The van der Waals surface area contributed by atoms with Gasteiger partial charge in [0.1, 0.15) is 5.82 Å². The summed E-state index contributed by atoms with van der Waals surface area (Å²) in [6.45, 7) is 6.03. The maximum absolute atomic E-state index is 13.4. The summed E-state index contributed by atoms with van der Waals surface area (Å²) >= 11 is 0. The van der Waals surface area contributed by atoms with Gasteiger partial charge in [0.15, 0.2) is 0 Å². The topological polar surface area (TPSA) is 44.8 Å². The number of carbonyl (C=O) groups is 1. The third-order valence-corrected chi connectivity index (χ3v) is 5.02. The largest absolute Gasteiger partial charge is 0.379 e. The maximum Gasteiger partial charge on any atom is 0.317 e. The summed E-state index contributed by atoms with van der Waals surface area (Å²) in [5.41, 5.74) is 3.15. The van der Waals surface area contributed by atoms with Crippen LogP contribution in [0.4, 0.5) is 9.18 Å². The molecule has 0 aromatic heterocycles. The first-order chi connectivity index (χ1) is 13.5. The quantitative estimate of drug-likeness (QED) is 0.829. The van der Waals surface area contributed by atoms with E-state index in [2.05, 4.69) is 41.4 Å². The maximum atomic E-state index is 13.4. The number of morpholine rings is 1. The number of aryl methyl sites for hydroxylation is 1. The van der Waals surface area contributed by atoms with Crippen LogP contribution in [-0.4, -0.2) is 55.7 Å². The number of ether oxygens (including phenoxy) is 1. The lowest BCUT2D eigenvalue weighted by Crippen LogP contribution is -2.46.